The van der Waals surface area contributed by atoms with E-state index < -0.39 is 0 Å². The molecule has 106 valence electrons. The number of thioether (sulfide) groups is 1. The normalized spacial score (nSPS) is 12.3. The van der Waals surface area contributed by atoms with E-state index in [1.54, 1.807) is 23.9 Å². The van der Waals surface area contributed by atoms with E-state index in [1.807, 2.05) is 12.1 Å². The molecule has 0 bridgehead atoms. The first-order valence-electron chi connectivity index (χ1n) is 6.99. The van der Waals surface area contributed by atoms with E-state index >= 15 is 0 Å². The second kappa shape index (κ2) is 10.0. The van der Waals surface area contributed by atoms with E-state index in [9.17, 15) is 4.39 Å². The number of allylic oxidation sites excluding steroid dienone is 1. The lowest BCUT2D eigenvalue weighted by Crippen LogP contribution is -2.31. The molecule has 1 aromatic rings. The Kier molecular flexibility index (Phi) is 8.59. The molecule has 1 rings (SSSR count). The second-order valence-corrected chi connectivity index (χ2v) is 5.73. The smallest absolute Gasteiger partial charge is 0.124 e. The summed E-state index contributed by atoms with van der Waals surface area (Å²) >= 11 is 1.72. The minimum Gasteiger partial charge on any atom is -0.313 e. The van der Waals surface area contributed by atoms with Crippen LogP contribution in [0.25, 0.3) is 0 Å². The Balaban J connectivity index is 2.39. The van der Waals surface area contributed by atoms with Crippen molar-refractivity contribution in [2.24, 2.45) is 0 Å². The monoisotopic (exact) mass is 281 g/mol. The van der Waals surface area contributed by atoms with Crippen LogP contribution in [0.1, 0.15) is 32.6 Å². The molecule has 19 heavy (non-hydrogen) atoms. The molecule has 3 heteroatoms. The number of nitrogens with one attached hydrogen (secondary N) is 1. The fourth-order valence-electron chi connectivity index (χ4n) is 1.85. The molecule has 1 N–H and O–H groups in total. The Hall–Kier alpha value is -0.800. The van der Waals surface area contributed by atoms with Gasteiger partial charge in [0.15, 0.2) is 0 Å². The van der Waals surface area contributed by atoms with Gasteiger partial charge in [-0.25, -0.2) is 4.39 Å². The molecule has 0 spiro atoms. The zero-order valence-electron chi connectivity index (χ0n) is 11.7. The highest BCUT2D eigenvalue weighted by atomic mass is 32.2. The van der Waals surface area contributed by atoms with E-state index in [2.05, 4.69) is 18.8 Å². The lowest BCUT2D eigenvalue weighted by molar-refractivity contribution is 0.506. The highest BCUT2D eigenvalue weighted by molar-refractivity contribution is 7.99. The third kappa shape index (κ3) is 7.38. The number of hydrogen-bond donors (Lipinski definition) is 1. The van der Waals surface area contributed by atoms with Gasteiger partial charge in [0.1, 0.15) is 5.82 Å². The van der Waals surface area contributed by atoms with Crippen molar-refractivity contribution >= 4 is 11.8 Å². The molecular formula is C16H24FNS. The van der Waals surface area contributed by atoms with Gasteiger partial charge in [-0.2, -0.15) is 0 Å². The zero-order valence-corrected chi connectivity index (χ0v) is 12.5. The third-order valence-corrected chi connectivity index (χ3v) is 4.05. The Morgan fingerprint density at radius 3 is 3.00 bits per heavy atom. The summed E-state index contributed by atoms with van der Waals surface area (Å²) in [5.74, 6) is 0.829. The summed E-state index contributed by atoms with van der Waals surface area (Å²) in [7, 11) is 0. The van der Waals surface area contributed by atoms with Gasteiger partial charge in [-0.3, -0.25) is 0 Å². The Bertz CT molecular complexity index is 368. The van der Waals surface area contributed by atoms with Crippen LogP contribution in [0.3, 0.4) is 0 Å². The van der Waals surface area contributed by atoms with E-state index in [-0.39, 0.29) is 5.82 Å². The summed E-state index contributed by atoms with van der Waals surface area (Å²) in [5, 5.41) is 3.56. The maximum Gasteiger partial charge on any atom is 0.124 e. The maximum absolute atomic E-state index is 13.1. The first-order valence-corrected chi connectivity index (χ1v) is 7.97. The summed E-state index contributed by atoms with van der Waals surface area (Å²) in [4.78, 5) is 1.01. The number of hydrogen-bond acceptors (Lipinski definition) is 2. The molecule has 0 aromatic heterocycles. The predicted octanol–water partition coefficient (Wildman–Crippen LogP) is 4.64. The van der Waals surface area contributed by atoms with E-state index in [0.29, 0.717) is 6.04 Å². The molecule has 1 atom stereocenters. The van der Waals surface area contributed by atoms with Gasteiger partial charge in [-0.05, 0) is 50.4 Å². The van der Waals surface area contributed by atoms with Crippen molar-refractivity contribution in [1.82, 2.24) is 5.32 Å². The SMILES string of the molecule is C=CCCCC(CSc1cccc(F)c1)NCCC. The molecule has 1 aromatic carbocycles. The van der Waals surface area contributed by atoms with Gasteiger partial charge >= 0.3 is 0 Å². The number of rotatable bonds is 10. The van der Waals surface area contributed by atoms with Crippen LogP contribution in [0.15, 0.2) is 41.8 Å². The maximum atomic E-state index is 13.1. The molecule has 1 unspecified atom stereocenters. The highest BCUT2D eigenvalue weighted by Gasteiger charge is 2.08. The quantitative estimate of drug-likeness (QED) is 0.381. The van der Waals surface area contributed by atoms with Crippen LogP contribution in [0.5, 0.6) is 0 Å². The van der Waals surface area contributed by atoms with Crippen molar-refractivity contribution in [3.05, 3.63) is 42.7 Å². The summed E-state index contributed by atoms with van der Waals surface area (Å²) in [6, 6.07) is 7.32. The summed E-state index contributed by atoms with van der Waals surface area (Å²) in [5.41, 5.74) is 0. The lowest BCUT2D eigenvalue weighted by Gasteiger charge is -2.17. The minimum atomic E-state index is -0.158. The van der Waals surface area contributed by atoms with Crippen molar-refractivity contribution in [2.75, 3.05) is 12.3 Å². The first kappa shape index (κ1) is 16.3. The molecule has 0 saturated heterocycles. The molecule has 1 nitrogen and oxygen atoms in total. The predicted molar refractivity (Wildman–Crippen MR) is 83.3 cm³/mol. The van der Waals surface area contributed by atoms with E-state index in [0.717, 1.165) is 42.9 Å². The largest absolute Gasteiger partial charge is 0.313 e. The fourth-order valence-corrected chi connectivity index (χ4v) is 2.90. The molecule has 0 aliphatic carbocycles. The van der Waals surface area contributed by atoms with E-state index in [4.69, 9.17) is 0 Å². The van der Waals surface area contributed by atoms with Crippen molar-refractivity contribution < 1.29 is 4.39 Å². The lowest BCUT2D eigenvalue weighted by atomic mass is 10.1. The van der Waals surface area contributed by atoms with Crippen molar-refractivity contribution in [2.45, 2.75) is 43.5 Å². The second-order valence-electron chi connectivity index (χ2n) is 4.64. The number of benzene rings is 1. The minimum absolute atomic E-state index is 0.158. The van der Waals surface area contributed by atoms with Crippen LogP contribution in [0, 0.1) is 5.82 Å². The van der Waals surface area contributed by atoms with Crippen molar-refractivity contribution in [3.8, 4) is 0 Å². The van der Waals surface area contributed by atoms with Gasteiger partial charge in [0, 0.05) is 16.7 Å². The van der Waals surface area contributed by atoms with Crippen LogP contribution in [-0.4, -0.2) is 18.3 Å². The van der Waals surface area contributed by atoms with Crippen LogP contribution < -0.4 is 5.32 Å². The molecule has 0 aliphatic rings. The van der Waals surface area contributed by atoms with Crippen LogP contribution in [0.4, 0.5) is 4.39 Å². The average molecular weight is 281 g/mol. The Morgan fingerprint density at radius 1 is 1.47 bits per heavy atom. The van der Waals surface area contributed by atoms with E-state index in [1.165, 1.54) is 6.07 Å². The van der Waals surface area contributed by atoms with Crippen molar-refractivity contribution in [1.29, 1.82) is 0 Å². The standard InChI is InChI=1S/C16H24FNS/c1-3-5-6-9-15(18-11-4-2)13-19-16-10-7-8-14(17)12-16/h3,7-8,10,12,15,18H,1,4-6,9,11,13H2,2H3. The molecular weight excluding hydrogens is 257 g/mol. The molecule has 0 amide bonds. The number of halogens is 1. The fraction of sp³-hybridized carbons (Fsp3) is 0.500. The molecule has 0 aliphatic heterocycles. The highest BCUT2D eigenvalue weighted by Crippen LogP contribution is 2.21. The Morgan fingerprint density at radius 2 is 2.32 bits per heavy atom. The number of unbranched alkanes of at least 4 members (excludes halogenated alkanes) is 1. The van der Waals surface area contributed by atoms with Crippen LogP contribution in [-0.2, 0) is 0 Å². The van der Waals surface area contributed by atoms with Gasteiger partial charge in [0.25, 0.3) is 0 Å². The first-order chi connectivity index (χ1) is 9.26. The molecule has 0 heterocycles. The van der Waals surface area contributed by atoms with Crippen LogP contribution in [0.2, 0.25) is 0 Å². The summed E-state index contributed by atoms with van der Waals surface area (Å²) in [6.45, 7) is 6.97. The molecule has 0 radical (unpaired) electrons. The summed E-state index contributed by atoms with van der Waals surface area (Å²) in [6.07, 6.45) is 6.48. The molecule has 0 saturated carbocycles. The summed E-state index contributed by atoms with van der Waals surface area (Å²) < 4.78 is 13.1. The van der Waals surface area contributed by atoms with Gasteiger partial charge in [0.2, 0.25) is 0 Å². The van der Waals surface area contributed by atoms with Gasteiger partial charge in [0.05, 0.1) is 0 Å². The topological polar surface area (TPSA) is 12.0 Å². The Labute approximate surface area is 120 Å². The zero-order chi connectivity index (χ0) is 13.9. The van der Waals surface area contributed by atoms with Crippen LogP contribution >= 0.6 is 11.8 Å². The van der Waals surface area contributed by atoms with Gasteiger partial charge in [-0.1, -0.05) is 19.1 Å². The van der Waals surface area contributed by atoms with Crippen molar-refractivity contribution in [3.63, 3.8) is 0 Å². The molecule has 0 fully saturated rings. The average Bonchev–Trinajstić information content (AvgIpc) is 2.41. The van der Waals surface area contributed by atoms with Gasteiger partial charge in [-0.15, -0.1) is 18.3 Å². The van der Waals surface area contributed by atoms with Gasteiger partial charge < -0.3 is 5.32 Å². The third-order valence-electron chi connectivity index (χ3n) is 2.89.